The minimum absolute atomic E-state index is 0.0358. The van der Waals surface area contributed by atoms with E-state index in [0.29, 0.717) is 0 Å². The first-order valence-electron chi connectivity index (χ1n) is 11.3. The number of carbonyl (C=O) groups is 4. The van der Waals surface area contributed by atoms with Gasteiger partial charge in [0, 0.05) is 12.8 Å². The molecule has 12 heteroatoms. The summed E-state index contributed by atoms with van der Waals surface area (Å²) in [6, 6.07) is -0.884. The zero-order chi connectivity index (χ0) is 27.4. The third-order valence-electron chi connectivity index (χ3n) is 5.19. The number of likely N-dealkylation sites (tertiary alicyclic amines) is 2. The van der Waals surface area contributed by atoms with Crippen LogP contribution in [0.5, 0.6) is 0 Å². The van der Waals surface area contributed by atoms with Crippen molar-refractivity contribution in [3.05, 3.63) is 0 Å². The van der Waals surface area contributed by atoms with Crippen LogP contribution in [-0.2, 0) is 28.5 Å². The van der Waals surface area contributed by atoms with Crippen LogP contribution in [0, 0.1) is 0 Å². The third-order valence-corrected chi connectivity index (χ3v) is 5.19. The van der Waals surface area contributed by atoms with Crippen LogP contribution in [0.1, 0.15) is 61.3 Å². The molecule has 0 aromatic heterocycles. The van der Waals surface area contributed by atoms with E-state index in [-0.39, 0.29) is 25.9 Å². The lowest BCUT2D eigenvalue weighted by molar-refractivity contribution is -0.152. The Hall–Kier alpha value is -2.66. The second kappa shape index (κ2) is 11.4. The van der Waals surface area contributed by atoms with E-state index in [1.54, 1.807) is 41.5 Å². The summed E-state index contributed by atoms with van der Waals surface area (Å²) in [6.45, 7) is 11.5. The summed E-state index contributed by atoms with van der Waals surface area (Å²) in [6.07, 6.45) is -3.96. The molecule has 4 atom stereocenters. The highest BCUT2D eigenvalue weighted by atomic mass is 19.1. The van der Waals surface area contributed by atoms with E-state index in [1.807, 2.05) is 0 Å². The fraction of sp³-hybridized carbons (Fsp3) is 0.826. The van der Waals surface area contributed by atoms with Gasteiger partial charge in [0.05, 0.1) is 27.3 Å². The van der Waals surface area contributed by atoms with Crippen LogP contribution in [0.3, 0.4) is 0 Å². The number of halogens is 2. The fourth-order valence-electron chi connectivity index (χ4n) is 3.68. The van der Waals surface area contributed by atoms with Gasteiger partial charge in [0.1, 0.15) is 35.1 Å². The summed E-state index contributed by atoms with van der Waals surface area (Å²) in [5.74, 6) is -1.25. The van der Waals surface area contributed by atoms with Gasteiger partial charge in [0.25, 0.3) is 0 Å². The van der Waals surface area contributed by atoms with Crippen LogP contribution >= 0.6 is 0 Å². The Morgan fingerprint density at radius 1 is 0.829 bits per heavy atom. The SMILES string of the molecule is COC(=O)C1(C)C[C@@H](F)CN1C(=O)OC(C)(C)C.COC(=O)[C@@H]1C[C@@H](F)CN1C(=O)OC(C)(C)C. The Morgan fingerprint density at radius 2 is 1.34 bits per heavy atom. The topological polar surface area (TPSA) is 112 Å². The summed E-state index contributed by atoms with van der Waals surface area (Å²) < 4.78 is 46.2. The minimum atomic E-state index is -1.30. The Labute approximate surface area is 205 Å². The minimum Gasteiger partial charge on any atom is -0.467 e. The predicted octanol–water partition coefficient (Wildman–Crippen LogP) is 3.40. The molecule has 2 amide bonds. The molecule has 10 nitrogen and oxygen atoms in total. The van der Waals surface area contributed by atoms with Crippen molar-refractivity contribution in [3.8, 4) is 0 Å². The molecule has 0 N–H and O–H groups in total. The normalized spacial score (nSPS) is 26.4. The summed E-state index contributed by atoms with van der Waals surface area (Å²) in [7, 11) is 2.42. The van der Waals surface area contributed by atoms with Crippen molar-refractivity contribution in [1.29, 1.82) is 0 Å². The summed E-state index contributed by atoms with van der Waals surface area (Å²) >= 11 is 0. The zero-order valence-corrected chi connectivity index (χ0v) is 22.0. The molecule has 0 aliphatic carbocycles. The van der Waals surface area contributed by atoms with Crippen molar-refractivity contribution in [2.75, 3.05) is 27.3 Å². The van der Waals surface area contributed by atoms with E-state index < -0.39 is 59.3 Å². The van der Waals surface area contributed by atoms with Gasteiger partial charge in [-0.05, 0) is 48.5 Å². The molecule has 202 valence electrons. The summed E-state index contributed by atoms with van der Waals surface area (Å²) in [4.78, 5) is 49.1. The Balaban J connectivity index is 0.000000351. The van der Waals surface area contributed by atoms with Crippen LogP contribution in [0.15, 0.2) is 0 Å². The van der Waals surface area contributed by atoms with Gasteiger partial charge < -0.3 is 18.9 Å². The van der Waals surface area contributed by atoms with Crippen molar-refractivity contribution in [2.24, 2.45) is 0 Å². The zero-order valence-electron chi connectivity index (χ0n) is 22.0. The number of esters is 2. The van der Waals surface area contributed by atoms with Crippen LogP contribution in [0.2, 0.25) is 0 Å². The summed E-state index contributed by atoms with van der Waals surface area (Å²) in [5.41, 5.74) is -2.66. The Bertz CT molecular complexity index is 795. The average Bonchev–Trinajstić information content (AvgIpc) is 3.24. The maximum atomic E-state index is 13.5. The van der Waals surface area contributed by atoms with Crippen LogP contribution in [0.4, 0.5) is 18.4 Å². The largest absolute Gasteiger partial charge is 0.467 e. The molecule has 0 aromatic carbocycles. The second-order valence-corrected chi connectivity index (χ2v) is 10.7. The Morgan fingerprint density at radius 3 is 1.80 bits per heavy atom. The number of alkyl halides is 2. The number of rotatable bonds is 2. The van der Waals surface area contributed by atoms with E-state index in [2.05, 4.69) is 9.47 Å². The van der Waals surface area contributed by atoms with Crippen LogP contribution < -0.4 is 0 Å². The van der Waals surface area contributed by atoms with Gasteiger partial charge in [-0.3, -0.25) is 9.80 Å². The summed E-state index contributed by atoms with van der Waals surface area (Å²) in [5, 5.41) is 0. The lowest BCUT2D eigenvalue weighted by Gasteiger charge is -2.33. The molecule has 2 aliphatic rings. The number of ether oxygens (including phenoxy) is 4. The van der Waals surface area contributed by atoms with E-state index in [4.69, 9.17) is 9.47 Å². The molecule has 35 heavy (non-hydrogen) atoms. The van der Waals surface area contributed by atoms with Crippen molar-refractivity contribution < 1.29 is 46.9 Å². The molecule has 2 fully saturated rings. The molecule has 2 heterocycles. The maximum absolute atomic E-state index is 13.5. The number of carbonyl (C=O) groups excluding carboxylic acids is 4. The first-order chi connectivity index (χ1) is 15.8. The van der Waals surface area contributed by atoms with Crippen LogP contribution in [-0.4, -0.2) is 96.4 Å². The molecule has 2 saturated heterocycles. The standard InChI is InChI=1S/C12H20FNO4.C11H18FNO4/c1-11(2,3)18-10(16)14-7-8(13)6-12(14,4)9(15)17-5;1-11(2,3)17-10(15)13-6-7(12)5-8(13)9(14)16-4/h8H,6-7H2,1-5H3;7-8H,5-6H2,1-4H3/t8-,12?;7-,8+/m11/s1. The first kappa shape index (κ1) is 30.4. The van der Waals surface area contributed by atoms with Gasteiger partial charge in [0.2, 0.25) is 0 Å². The lowest BCUT2D eigenvalue weighted by Crippen LogP contribution is -2.52. The highest BCUT2D eigenvalue weighted by Gasteiger charge is 2.52. The number of amides is 2. The van der Waals surface area contributed by atoms with Gasteiger partial charge in [-0.2, -0.15) is 0 Å². The molecule has 0 saturated carbocycles. The highest BCUT2D eigenvalue weighted by molar-refractivity contribution is 5.86. The van der Waals surface area contributed by atoms with Crippen LogP contribution in [0.25, 0.3) is 0 Å². The maximum Gasteiger partial charge on any atom is 0.411 e. The first-order valence-corrected chi connectivity index (χ1v) is 11.3. The van der Waals surface area contributed by atoms with E-state index in [1.165, 1.54) is 21.1 Å². The lowest BCUT2D eigenvalue weighted by atomic mass is 9.99. The van der Waals surface area contributed by atoms with Crippen molar-refractivity contribution in [1.82, 2.24) is 9.80 Å². The molecule has 2 rings (SSSR count). The fourth-order valence-corrected chi connectivity index (χ4v) is 3.68. The number of hydrogen-bond donors (Lipinski definition) is 0. The monoisotopic (exact) mass is 508 g/mol. The average molecular weight is 509 g/mol. The molecule has 0 bridgehead atoms. The van der Waals surface area contributed by atoms with Gasteiger partial charge in [0.15, 0.2) is 0 Å². The number of nitrogens with zero attached hydrogens (tertiary/aromatic N) is 2. The third kappa shape index (κ3) is 8.50. The smallest absolute Gasteiger partial charge is 0.411 e. The second-order valence-electron chi connectivity index (χ2n) is 10.7. The molecular weight excluding hydrogens is 470 g/mol. The molecule has 0 aromatic rings. The number of methoxy groups -OCH3 is 2. The van der Waals surface area contributed by atoms with Gasteiger partial charge in [-0.1, -0.05) is 0 Å². The predicted molar refractivity (Wildman–Crippen MR) is 121 cm³/mol. The molecular formula is C23H38F2N2O8. The van der Waals surface area contributed by atoms with E-state index >= 15 is 0 Å². The molecule has 2 aliphatic heterocycles. The van der Waals surface area contributed by atoms with Crippen molar-refractivity contribution in [2.45, 2.75) is 96.4 Å². The molecule has 0 spiro atoms. The molecule has 0 radical (unpaired) electrons. The van der Waals surface area contributed by atoms with Gasteiger partial charge in [-0.25, -0.2) is 28.0 Å². The van der Waals surface area contributed by atoms with E-state index in [0.717, 1.165) is 9.80 Å². The van der Waals surface area contributed by atoms with Crippen molar-refractivity contribution >= 4 is 24.1 Å². The quantitative estimate of drug-likeness (QED) is 0.412. The van der Waals surface area contributed by atoms with Crippen molar-refractivity contribution in [3.63, 3.8) is 0 Å². The van der Waals surface area contributed by atoms with Gasteiger partial charge >= 0.3 is 24.1 Å². The van der Waals surface area contributed by atoms with Gasteiger partial charge in [-0.15, -0.1) is 0 Å². The number of hydrogen-bond acceptors (Lipinski definition) is 8. The Kier molecular flexibility index (Phi) is 9.88. The highest BCUT2D eigenvalue weighted by Crippen LogP contribution is 2.33. The molecule has 1 unspecified atom stereocenters. The van der Waals surface area contributed by atoms with E-state index in [9.17, 15) is 28.0 Å².